The number of carbonyl (C=O) groups is 2. The number of ether oxygens (including phenoxy) is 1. The Morgan fingerprint density at radius 1 is 1.19 bits per heavy atom. The van der Waals surface area contributed by atoms with E-state index < -0.39 is 5.91 Å². The fourth-order valence-electron chi connectivity index (χ4n) is 3.72. The molecule has 0 spiro atoms. The summed E-state index contributed by atoms with van der Waals surface area (Å²) in [6.07, 6.45) is 0.829. The molecule has 0 saturated heterocycles. The van der Waals surface area contributed by atoms with Crippen LogP contribution in [0, 0.1) is 0 Å². The van der Waals surface area contributed by atoms with Crippen LogP contribution in [0.2, 0.25) is 0 Å². The van der Waals surface area contributed by atoms with Gasteiger partial charge < -0.3 is 20.4 Å². The molecule has 3 aromatic rings. The van der Waals surface area contributed by atoms with Crippen LogP contribution in [0.4, 0.5) is 0 Å². The van der Waals surface area contributed by atoms with E-state index >= 15 is 0 Å². The van der Waals surface area contributed by atoms with Gasteiger partial charge in [-0.25, -0.2) is 0 Å². The number of fused-ring (bicyclic) bond motifs is 3. The van der Waals surface area contributed by atoms with E-state index in [1.807, 2.05) is 17.0 Å². The van der Waals surface area contributed by atoms with E-state index in [2.05, 4.69) is 24.0 Å². The van der Waals surface area contributed by atoms with Gasteiger partial charge in [0.05, 0.1) is 6.04 Å². The molecule has 27 heavy (non-hydrogen) atoms. The van der Waals surface area contributed by atoms with Crippen LogP contribution >= 0.6 is 0 Å². The van der Waals surface area contributed by atoms with Crippen LogP contribution in [0.5, 0.6) is 5.75 Å². The highest BCUT2D eigenvalue weighted by molar-refractivity contribution is 5.95. The molecule has 0 aliphatic carbocycles. The van der Waals surface area contributed by atoms with Crippen molar-refractivity contribution in [3.8, 4) is 5.75 Å². The number of nitrogens with two attached hydrogens (primary N) is 1. The number of benzene rings is 2. The Kier molecular flexibility index (Phi) is 4.32. The number of amides is 2. The first kappa shape index (κ1) is 17.1. The molecular weight excluding hydrogens is 342 g/mol. The third-order valence-corrected chi connectivity index (χ3v) is 5.08. The van der Waals surface area contributed by atoms with Gasteiger partial charge in [-0.3, -0.25) is 9.59 Å². The van der Waals surface area contributed by atoms with Gasteiger partial charge in [0, 0.05) is 28.7 Å². The fraction of sp³-hybridized carbons (Fsp3) is 0.238. The van der Waals surface area contributed by atoms with Crippen molar-refractivity contribution in [2.75, 3.05) is 13.2 Å². The summed E-state index contributed by atoms with van der Waals surface area (Å²) in [5.41, 5.74) is 9.18. The van der Waals surface area contributed by atoms with Gasteiger partial charge in [0.15, 0.2) is 6.61 Å². The van der Waals surface area contributed by atoms with Crippen LogP contribution in [0.25, 0.3) is 10.9 Å². The number of primary amides is 1. The van der Waals surface area contributed by atoms with Gasteiger partial charge in [0.2, 0.25) is 0 Å². The molecule has 2 aromatic carbocycles. The van der Waals surface area contributed by atoms with E-state index in [-0.39, 0.29) is 18.6 Å². The Balaban J connectivity index is 1.55. The average Bonchev–Trinajstić information content (AvgIpc) is 3.06. The van der Waals surface area contributed by atoms with Crippen LogP contribution in [0.3, 0.4) is 0 Å². The second kappa shape index (κ2) is 6.79. The normalized spacial score (nSPS) is 16.2. The highest BCUT2D eigenvalue weighted by Crippen LogP contribution is 2.34. The van der Waals surface area contributed by atoms with E-state index in [0.29, 0.717) is 17.9 Å². The number of nitrogens with zero attached hydrogens (tertiary/aromatic N) is 1. The Morgan fingerprint density at radius 2 is 1.93 bits per heavy atom. The first-order valence-corrected chi connectivity index (χ1v) is 8.96. The molecule has 3 N–H and O–H groups in total. The summed E-state index contributed by atoms with van der Waals surface area (Å²) >= 11 is 0. The zero-order chi connectivity index (χ0) is 19.0. The van der Waals surface area contributed by atoms with Crippen molar-refractivity contribution in [3.05, 3.63) is 65.4 Å². The molecule has 1 atom stereocenters. The predicted molar refractivity (Wildman–Crippen MR) is 103 cm³/mol. The third-order valence-electron chi connectivity index (χ3n) is 5.08. The van der Waals surface area contributed by atoms with Crippen molar-refractivity contribution in [1.29, 1.82) is 0 Å². The molecule has 2 heterocycles. The molecule has 1 aromatic heterocycles. The maximum Gasteiger partial charge on any atom is 0.255 e. The number of aromatic nitrogens is 1. The van der Waals surface area contributed by atoms with Gasteiger partial charge in [-0.05, 0) is 49.2 Å². The van der Waals surface area contributed by atoms with Gasteiger partial charge in [0.1, 0.15) is 5.75 Å². The number of hydrogen-bond acceptors (Lipinski definition) is 3. The number of hydrogen-bond donors (Lipinski definition) is 2. The Bertz CT molecular complexity index is 1010. The lowest BCUT2D eigenvalue weighted by atomic mass is 9.97. The molecule has 0 bridgehead atoms. The standard InChI is InChI=1S/C21H21N3O3/c1-13-20-17(16-4-2-3-5-18(16)23-20)10-11-24(13)21(26)14-6-8-15(9-7-14)27-12-19(22)25/h2-9,13,23H,10-12H2,1H3,(H2,22,25)/t13-/m1/s1. The van der Waals surface area contributed by atoms with Gasteiger partial charge >= 0.3 is 0 Å². The minimum absolute atomic E-state index is 0.0201. The molecule has 0 unspecified atom stereocenters. The summed E-state index contributed by atoms with van der Waals surface area (Å²) in [5.74, 6) is -0.0466. The molecule has 6 nitrogen and oxygen atoms in total. The molecular formula is C21H21N3O3. The second-order valence-corrected chi connectivity index (χ2v) is 6.77. The second-order valence-electron chi connectivity index (χ2n) is 6.77. The quantitative estimate of drug-likeness (QED) is 0.747. The van der Waals surface area contributed by atoms with E-state index in [1.54, 1.807) is 24.3 Å². The molecule has 2 amide bonds. The number of carbonyl (C=O) groups excluding carboxylic acids is 2. The molecule has 6 heteroatoms. The first-order chi connectivity index (χ1) is 13.0. The average molecular weight is 363 g/mol. The monoisotopic (exact) mass is 363 g/mol. The minimum Gasteiger partial charge on any atom is -0.484 e. The molecule has 1 aliphatic heterocycles. The summed E-state index contributed by atoms with van der Waals surface area (Å²) in [4.78, 5) is 29.2. The van der Waals surface area contributed by atoms with Crippen LogP contribution < -0.4 is 10.5 Å². The van der Waals surface area contributed by atoms with Crippen molar-refractivity contribution in [2.24, 2.45) is 5.73 Å². The smallest absolute Gasteiger partial charge is 0.255 e. The molecule has 0 saturated carbocycles. The van der Waals surface area contributed by atoms with Gasteiger partial charge in [-0.1, -0.05) is 18.2 Å². The maximum absolute atomic E-state index is 13.0. The van der Waals surface area contributed by atoms with Crippen LogP contribution in [0.1, 0.15) is 34.6 Å². The van der Waals surface area contributed by atoms with Gasteiger partial charge in [-0.2, -0.15) is 0 Å². The van der Waals surface area contributed by atoms with Crippen molar-refractivity contribution in [2.45, 2.75) is 19.4 Å². The molecule has 0 fully saturated rings. The first-order valence-electron chi connectivity index (χ1n) is 8.96. The van der Waals surface area contributed by atoms with Gasteiger partial charge in [0.25, 0.3) is 11.8 Å². The topological polar surface area (TPSA) is 88.4 Å². The van der Waals surface area contributed by atoms with Crippen molar-refractivity contribution >= 4 is 22.7 Å². The number of rotatable bonds is 4. The highest BCUT2D eigenvalue weighted by atomic mass is 16.5. The summed E-state index contributed by atoms with van der Waals surface area (Å²) in [6.45, 7) is 2.55. The summed E-state index contributed by atoms with van der Waals surface area (Å²) < 4.78 is 5.24. The zero-order valence-electron chi connectivity index (χ0n) is 15.1. The Morgan fingerprint density at radius 3 is 2.67 bits per heavy atom. The lowest BCUT2D eigenvalue weighted by molar-refractivity contribution is -0.119. The van der Waals surface area contributed by atoms with Crippen LogP contribution in [0.15, 0.2) is 48.5 Å². The van der Waals surface area contributed by atoms with Crippen molar-refractivity contribution in [1.82, 2.24) is 9.88 Å². The molecule has 138 valence electrons. The maximum atomic E-state index is 13.0. The number of para-hydroxylation sites is 1. The van der Waals surface area contributed by atoms with E-state index in [4.69, 9.17) is 10.5 Å². The number of nitrogens with one attached hydrogen (secondary N) is 1. The third kappa shape index (κ3) is 3.14. The van der Waals surface area contributed by atoms with Crippen LogP contribution in [-0.4, -0.2) is 34.8 Å². The predicted octanol–water partition coefficient (Wildman–Crippen LogP) is 2.79. The van der Waals surface area contributed by atoms with Gasteiger partial charge in [-0.15, -0.1) is 0 Å². The summed E-state index contributed by atoms with van der Waals surface area (Å²) in [6, 6.07) is 15.0. The van der Waals surface area contributed by atoms with Crippen molar-refractivity contribution < 1.29 is 14.3 Å². The lowest BCUT2D eigenvalue weighted by Gasteiger charge is -2.33. The SMILES string of the molecule is C[C@@H]1c2[nH]c3ccccc3c2CCN1C(=O)c1ccc(OCC(N)=O)cc1. The van der Waals surface area contributed by atoms with Crippen LogP contribution in [-0.2, 0) is 11.2 Å². The summed E-state index contributed by atoms with van der Waals surface area (Å²) in [7, 11) is 0. The van der Waals surface area contributed by atoms with Crippen molar-refractivity contribution in [3.63, 3.8) is 0 Å². The van der Waals surface area contributed by atoms with E-state index in [9.17, 15) is 9.59 Å². The summed E-state index contributed by atoms with van der Waals surface area (Å²) in [5, 5.41) is 1.24. The van der Waals surface area contributed by atoms with E-state index in [1.165, 1.54) is 10.9 Å². The Hall–Kier alpha value is -3.28. The number of aromatic amines is 1. The largest absolute Gasteiger partial charge is 0.484 e. The zero-order valence-corrected chi connectivity index (χ0v) is 15.1. The van der Waals surface area contributed by atoms with E-state index in [0.717, 1.165) is 17.6 Å². The lowest BCUT2D eigenvalue weighted by Crippen LogP contribution is -2.38. The highest BCUT2D eigenvalue weighted by Gasteiger charge is 2.30. The fourth-order valence-corrected chi connectivity index (χ4v) is 3.72. The molecule has 0 radical (unpaired) electrons. The minimum atomic E-state index is -0.536. The molecule has 4 rings (SSSR count). The molecule has 1 aliphatic rings. The number of H-pyrrole nitrogens is 1. The Labute approximate surface area is 156 Å².